The van der Waals surface area contributed by atoms with Crippen LogP contribution in [0.15, 0.2) is 30.3 Å². The lowest BCUT2D eigenvalue weighted by molar-refractivity contribution is -0.155. The van der Waals surface area contributed by atoms with Crippen molar-refractivity contribution in [2.45, 2.75) is 50.3 Å². The van der Waals surface area contributed by atoms with Crippen LogP contribution in [0.25, 0.3) is 0 Å². The van der Waals surface area contributed by atoms with Crippen molar-refractivity contribution < 1.29 is 14.3 Å². The van der Waals surface area contributed by atoms with Crippen molar-refractivity contribution in [3.63, 3.8) is 0 Å². The first-order valence-electron chi connectivity index (χ1n) is 9.09. The van der Waals surface area contributed by atoms with Gasteiger partial charge in [0.25, 0.3) is 0 Å². The number of ether oxygens (including phenoxy) is 1. The molecule has 0 bridgehead atoms. The summed E-state index contributed by atoms with van der Waals surface area (Å²) >= 11 is 1.65. The fraction of sp³-hybridized carbons (Fsp3) is 0.500. The molecule has 2 fully saturated rings. The molecule has 2 aromatic rings. The summed E-state index contributed by atoms with van der Waals surface area (Å²) in [6.45, 7) is 2.70. The van der Waals surface area contributed by atoms with Gasteiger partial charge in [0.15, 0.2) is 12.4 Å². The topological polar surface area (TPSA) is 90.2 Å². The highest BCUT2D eigenvalue weighted by Crippen LogP contribution is 2.54. The minimum atomic E-state index is -0.583. The van der Waals surface area contributed by atoms with E-state index in [-0.39, 0.29) is 12.5 Å². The summed E-state index contributed by atoms with van der Waals surface area (Å²) in [5.74, 6) is 0.639. The summed E-state index contributed by atoms with van der Waals surface area (Å²) in [5, 5.41) is 11.4. The third kappa shape index (κ3) is 3.09. The van der Waals surface area contributed by atoms with E-state index < -0.39 is 16.9 Å². The molecule has 2 aliphatic rings. The summed E-state index contributed by atoms with van der Waals surface area (Å²) in [5.41, 5.74) is 1.06. The molecule has 2 saturated heterocycles. The first kappa shape index (κ1) is 18.0. The molecule has 142 valence electrons. The van der Waals surface area contributed by atoms with Crippen molar-refractivity contribution in [2.75, 3.05) is 5.75 Å². The third-order valence-electron chi connectivity index (χ3n) is 5.01. The van der Waals surface area contributed by atoms with Gasteiger partial charge in [-0.15, -0.1) is 16.9 Å². The standard InChI is InChI=1S/C18H21N5O3S/c1-2-10-22-15(19-20-21-22)11-26-17(25)14-12-27-18(9-8-16(24)23(14)18)13-6-4-3-5-7-13/h3-7,14H,2,8-12H2,1H3/t14-,18+/m1/s1. The zero-order valence-electron chi connectivity index (χ0n) is 15.1. The van der Waals surface area contributed by atoms with E-state index in [0.29, 0.717) is 31.0 Å². The minimum absolute atomic E-state index is 0.00150. The van der Waals surface area contributed by atoms with Crippen LogP contribution in [-0.4, -0.2) is 48.8 Å². The number of thioether (sulfide) groups is 1. The lowest BCUT2D eigenvalue weighted by Gasteiger charge is -2.33. The van der Waals surface area contributed by atoms with E-state index in [1.54, 1.807) is 21.3 Å². The Morgan fingerprint density at radius 1 is 1.37 bits per heavy atom. The van der Waals surface area contributed by atoms with E-state index in [9.17, 15) is 9.59 Å². The summed E-state index contributed by atoms with van der Waals surface area (Å²) in [7, 11) is 0. The van der Waals surface area contributed by atoms with Gasteiger partial charge in [-0.1, -0.05) is 37.3 Å². The summed E-state index contributed by atoms with van der Waals surface area (Å²) < 4.78 is 7.12. The van der Waals surface area contributed by atoms with Crippen LogP contribution in [0.4, 0.5) is 0 Å². The highest BCUT2D eigenvalue weighted by molar-refractivity contribution is 8.00. The van der Waals surface area contributed by atoms with E-state index >= 15 is 0 Å². The molecular weight excluding hydrogens is 366 g/mol. The van der Waals surface area contributed by atoms with E-state index in [2.05, 4.69) is 15.5 Å². The fourth-order valence-corrected chi connectivity index (χ4v) is 5.40. The van der Waals surface area contributed by atoms with Crippen LogP contribution < -0.4 is 0 Å². The van der Waals surface area contributed by atoms with Gasteiger partial charge in [-0.05, 0) is 28.8 Å². The maximum Gasteiger partial charge on any atom is 0.330 e. The molecule has 0 saturated carbocycles. The second-order valence-electron chi connectivity index (χ2n) is 6.67. The second kappa shape index (κ2) is 7.30. The van der Waals surface area contributed by atoms with Crippen LogP contribution in [0.2, 0.25) is 0 Å². The zero-order valence-corrected chi connectivity index (χ0v) is 15.9. The number of hydrogen-bond acceptors (Lipinski definition) is 7. The smallest absolute Gasteiger partial charge is 0.330 e. The lowest BCUT2D eigenvalue weighted by atomic mass is 10.0. The molecule has 1 aromatic carbocycles. The van der Waals surface area contributed by atoms with Crippen molar-refractivity contribution in [1.29, 1.82) is 0 Å². The maximum atomic E-state index is 12.8. The van der Waals surface area contributed by atoms with Crippen LogP contribution in [0.1, 0.15) is 37.6 Å². The van der Waals surface area contributed by atoms with Gasteiger partial charge >= 0.3 is 5.97 Å². The van der Waals surface area contributed by atoms with Crippen molar-refractivity contribution in [3.05, 3.63) is 41.7 Å². The Balaban J connectivity index is 1.50. The predicted octanol–water partition coefficient (Wildman–Crippen LogP) is 1.72. The Labute approximate surface area is 161 Å². The summed E-state index contributed by atoms with van der Waals surface area (Å²) in [6, 6.07) is 9.33. The molecular formula is C18H21N5O3S. The molecule has 8 nitrogen and oxygen atoms in total. The van der Waals surface area contributed by atoms with Crippen LogP contribution in [0.5, 0.6) is 0 Å². The maximum absolute atomic E-state index is 12.8. The van der Waals surface area contributed by atoms with Gasteiger partial charge in [-0.2, -0.15) is 0 Å². The highest BCUT2D eigenvalue weighted by atomic mass is 32.2. The molecule has 27 heavy (non-hydrogen) atoms. The largest absolute Gasteiger partial charge is 0.456 e. The molecule has 0 spiro atoms. The molecule has 0 aliphatic carbocycles. The number of carbonyl (C=O) groups excluding carboxylic acids is 2. The van der Waals surface area contributed by atoms with Gasteiger partial charge in [0.1, 0.15) is 10.9 Å². The van der Waals surface area contributed by atoms with E-state index in [4.69, 9.17) is 4.74 Å². The SMILES string of the molecule is CCCn1nnnc1COC(=O)[C@H]1CS[C@]2(c3ccccc3)CCC(=O)N12. The lowest BCUT2D eigenvalue weighted by Crippen LogP contribution is -2.46. The number of benzene rings is 1. The highest BCUT2D eigenvalue weighted by Gasteiger charge is 2.57. The van der Waals surface area contributed by atoms with Gasteiger partial charge < -0.3 is 9.64 Å². The van der Waals surface area contributed by atoms with Crippen molar-refractivity contribution in [2.24, 2.45) is 0 Å². The molecule has 0 unspecified atom stereocenters. The Morgan fingerprint density at radius 3 is 2.96 bits per heavy atom. The number of nitrogens with zero attached hydrogens (tertiary/aromatic N) is 5. The van der Waals surface area contributed by atoms with E-state index in [1.807, 2.05) is 37.3 Å². The van der Waals surface area contributed by atoms with Crippen molar-refractivity contribution in [3.8, 4) is 0 Å². The first-order chi connectivity index (χ1) is 13.2. The van der Waals surface area contributed by atoms with Gasteiger partial charge in [-0.3, -0.25) is 4.79 Å². The average molecular weight is 387 g/mol. The molecule has 0 radical (unpaired) electrons. The van der Waals surface area contributed by atoms with Gasteiger partial charge in [0.05, 0.1) is 0 Å². The molecule has 2 atom stereocenters. The first-order valence-corrected chi connectivity index (χ1v) is 10.1. The average Bonchev–Trinajstić information content (AvgIpc) is 3.38. The molecule has 2 aliphatic heterocycles. The summed E-state index contributed by atoms with van der Waals surface area (Å²) in [6.07, 6.45) is 2.03. The minimum Gasteiger partial charge on any atom is -0.456 e. The number of hydrogen-bond donors (Lipinski definition) is 0. The van der Waals surface area contributed by atoms with Crippen LogP contribution in [-0.2, 0) is 32.3 Å². The number of rotatable bonds is 6. The van der Waals surface area contributed by atoms with Crippen molar-refractivity contribution in [1.82, 2.24) is 25.1 Å². The van der Waals surface area contributed by atoms with Gasteiger partial charge in [0.2, 0.25) is 5.91 Å². The van der Waals surface area contributed by atoms with Crippen LogP contribution in [0, 0.1) is 0 Å². The molecule has 3 heterocycles. The van der Waals surface area contributed by atoms with Crippen molar-refractivity contribution >= 4 is 23.6 Å². The number of fused-ring (bicyclic) bond motifs is 1. The Hall–Kier alpha value is -2.42. The number of amides is 1. The summed E-state index contributed by atoms with van der Waals surface area (Å²) in [4.78, 5) is 26.6. The van der Waals surface area contributed by atoms with Crippen LogP contribution in [0.3, 0.4) is 0 Å². The predicted molar refractivity (Wildman–Crippen MR) is 98.4 cm³/mol. The third-order valence-corrected chi connectivity index (χ3v) is 6.61. The zero-order chi connectivity index (χ0) is 18.9. The normalized spacial score (nSPS) is 24.3. The molecule has 4 rings (SSSR count). The fourth-order valence-electron chi connectivity index (χ4n) is 3.76. The van der Waals surface area contributed by atoms with E-state index in [0.717, 1.165) is 12.0 Å². The molecule has 9 heteroatoms. The number of aromatic nitrogens is 4. The Kier molecular flexibility index (Phi) is 4.86. The monoisotopic (exact) mass is 387 g/mol. The number of tetrazole rings is 1. The Bertz CT molecular complexity index is 843. The van der Waals surface area contributed by atoms with Gasteiger partial charge in [0, 0.05) is 18.7 Å². The Morgan fingerprint density at radius 2 is 2.19 bits per heavy atom. The molecule has 1 amide bonds. The molecule has 0 N–H and O–H groups in total. The quantitative estimate of drug-likeness (QED) is 0.697. The van der Waals surface area contributed by atoms with Crippen LogP contribution >= 0.6 is 11.8 Å². The molecule has 1 aromatic heterocycles. The van der Waals surface area contributed by atoms with E-state index in [1.165, 1.54) is 0 Å². The second-order valence-corrected chi connectivity index (χ2v) is 7.96. The number of aryl methyl sites for hydroxylation is 1. The van der Waals surface area contributed by atoms with Gasteiger partial charge in [-0.25, -0.2) is 9.48 Å². The number of esters is 1. The number of carbonyl (C=O) groups is 2.